The Kier molecular flexibility index (Phi) is 21.2. The van der Waals surface area contributed by atoms with E-state index in [-0.39, 0.29) is 41.9 Å². The van der Waals surface area contributed by atoms with Gasteiger partial charge in [-0.3, -0.25) is 9.59 Å². The zero-order chi connectivity index (χ0) is 15.8. The monoisotopic (exact) mass is 323 g/mol. The van der Waals surface area contributed by atoms with Gasteiger partial charge < -0.3 is 4.84 Å². The number of unbranched alkanes of at least 4 members (excludes halogenated alkanes) is 10. The van der Waals surface area contributed by atoms with E-state index >= 15 is 0 Å². The predicted octanol–water partition coefficient (Wildman–Crippen LogP) is 3.68. The Bertz CT molecular complexity index is 273. The molecule has 1 N–H and O–H groups in total. The molecule has 22 heavy (non-hydrogen) atoms. The van der Waals surface area contributed by atoms with E-state index in [0.717, 1.165) is 12.8 Å². The third-order valence-corrected chi connectivity index (χ3v) is 3.54. The van der Waals surface area contributed by atoms with Crippen molar-refractivity contribution < 1.29 is 14.4 Å². The van der Waals surface area contributed by atoms with E-state index in [0.29, 0.717) is 6.42 Å². The maximum absolute atomic E-state index is 11.4. The van der Waals surface area contributed by atoms with Crippen molar-refractivity contribution in [3.05, 3.63) is 0 Å². The Hall–Kier alpha value is 0.1000. The van der Waals surface area contributed by atoms with E-state index in [1.165, 1.54) is 64.7 Å². The van der Waals surface area contributed by atoms with Crippen molar-refractivity contribution in [2.75, 3.05) is 6.54 Å². The Labute approximate surface area is 158 Å². The van der Waals surface area contributed by atoms with E-state index < -0.39 is 5.97 Å². The minimum atomic E-state index is -0.419. The van der Waals surface area contributed by atoms with Crippen LogP contribution in [-0.2, 0) is 14.4 Å². The molecule has 0 aromatic carbocycles. The van der Waals surface area contributed by atoms with Crippen molar-refractivity contribution in [2.24, 2.45) is 0 Å². The topological polar surface area (TPSA) is 55.4 Å². The van der Waals surface area contributed by atoms with E-state index in [1.54, 1.807) is 0 Å². The second-order valence-corrected chi connectivity index (χ2v) is 5.74. The van der Waals surface area contributed by atoms with Gasteiger partial charge in [-0.2, -0.15) is 0 Å². The summed E-state index contributed by atoms with van der Waals surface area (Å²) in [5, 5.41) is 0. The van der Waals surface area contributed by atoms with Crippen molar-refractivity contribution in [1.82, 2.24) is 5.48 Å². The number of rotatable bonds is 15. The summed E-state index contributed by atoms with van der Waals surface area (Å²) in [5.74, 6) is -0.315. The molecular weight excluding hydrogens is 289 g/mol. The molecule has 0 bridgehead atoms. The first kappa shape index (κ1) is 24.4. The number of ketones is 1. The summed E-state index contributed by atoms with van der Waals surface area (Å²) in [6.07, 6.45) is 14.7. The third kappa shape index (κ3) is 20.1. The number of Topliss-reactive ketones (excluding diaryl/α,β-unsaturated/α-hetero) is 1. The summed E-state index contributed by atoms with van der Waals surface area (Å²) in [7, 11) is 0. The van der Waals surface area contributed by atoms with E-state index in [9.17, 15) is 9.59 Å². The van der Waals surface area contributed by atoms with Crippen molar-refractivity contribution in [1.29, 1.82) is 0 Å². The molecule has 0 aliphatic rings. The molecule has 0 aliphatic carbocycles. The first-order valence-corrected chi connectivity index (χ1v) is 8.58. The molecule has 0 radical (unpaired) electrons. The molecule has 0 atom stereocenters. The number of carbonyl (C=O) groups excluding carboxylic acids is 2. The van der Waals surface area contributed by atoms with Crippen LogP contribution in [0.15, 0.2) is 0 Å². The van der Waals surface area contributed by atoms with Gasteiger partial charge in [-0.15, -0.1) is 5.48 Å². The van der Waals surface area contributed by atoms with Crippen LogP contribution in [0.4, 0.5) is 0 Å². The average molecular weight is 323 g/mol. The molecule has 0 aromatic heterocycles. The first-order valence-electron chi connectivity index (χ1n) is 8.58. The minimum absolute atomic E-state index is 0. The molecule has 126 valence electrons. The Morgan fingerprint density at radius 3 is 1.73 bits per heavy atom. The normalized spacial score (nSPS) is 10.1. The molecule has 0 saturated carbocycles. The van der Waals surface area contributed by atoms with Crippen LogP contribution in [0.25, 0.3) is 0 Å². The van der Waals surface area contributed by atoms with Crippen LogP contribution < -0.4 is 5.48 Å². The van der Waals surface area contributed by atoms with E-state index in [1.807, 2.05) is 0 Å². The second-order valence-electron chi connectivity index (χ2n) is 5.74. The fraction of sp³-hybridized carbons (Fsp3) is 0.882. The van der Waals surface area contributed by atoms with Gasteiger partial charge in [-0.05, 0) is 6.42 Å². The van der Waals surface area contributed by atoms with Crippen LogP contribution in [0.2, 0.25) is 0 Å². The fourth-order valence-electron chi connectivity index (χ4n) is 2.29. The first-order chi connectivity index (χ1) is 10.2. The van der Waals surface area contributed by atoms with Gasteiger partial charge in [0, 0.05) is 13.3 Å². The van der Waals surface area contributed by atoms with Crippen LogP contribution >= 0.6 is 0 Å². The van der Waals surface area contributed by atoms with Gasteiger partial charge in [-0.1, -0.05) is 71.1 Å². The summed E-state index contributed by atoms with van der Waals surface area (Å²) in [5.41, 5.74) is 2.38. The molecule has 5 heteroatoms. The van der Waals surface area contributed by atoms with Gasteiger partial charge >= 0.3 is 35.5 Å². The summed E-state index contributed by atoms with van der Waals surface area (Å²) in [4.78, 5) is 26.4. The molecule has 0 amide bonds. The van der Waals surface area contributed by atoms with Gasteiger partial charge in [0.15, 0.2) is 0 Å². The molecule has 0 heterocycles. The van der Waals surface area contributed by atoms with Crippen molar-refractivity contribution >= 4 is 41.3 Å². The molecular formula is C17H34NNaO3. The number of hydrogen-bond acceptors (Lipinski definition) is 4. The molecule has 4 nitrogen and oxygen atoms in total. The van der Waals surface area contributed by atoms with E-state index in [2.05, 4.69) is 17.2 Å². The average Bonchev–Trinajstić information content (AvgIpc) is 2.44. The van der Waals surface area contributed by atoms with Crippen LogP contribution in [-0.4, -0.2) is 47.9 Å². The summed E-state index contributed by atoms with van der Waals surface area (Å²) in [6, 6.07) is 0. The standard InChI is InChI=1S/C17H33NO3.Na.H/c1-3-4-5-6-7-8-9-10-11-12-13-14-17(20)15-18-21-16(2)19;;/h18H,3-15H2,1-2H3;;. The van der Waals surface area contributed by atoms with Gasteiger partial charge in [0.05, 0.1) is 6.54 Å². The summed E-state index contributed by atoms with van der Waals surface area (Å²) < 4.78 is 0. The summed E-state index contributed by atoms with van der Waals surface area (Å²) >= 11 is 0. The number of hydrogen-bond donors (Lipinski definition) is 1. The molecule has 0 fully saturated rings. The SMILES string of the molecule is CCCCCCCCCCCCCC(=O)CNOC(C)=O.[NaH]. The van der Waals surface area contributed by atoms with Crippen molar-refractivity contribution in [3.8, 4) is 0 Å². The van der Waals surface area contributed by atoms with Gasteiger partial charge in [0.2, 0.25) is 0 Å². The zero-order valence-corrected chi connectivity index (χ0v) is 13.9. The molecule has 0 aromatic rings. The Morgan fingerprint density at radius 1 is 0.818 bits per heavy atom. The van der Waals surface area contributed by atoms with Crippen molar-refractivity contribution in [2.45, 2.75) is 90.9 Å². The molecule has 0 aliphatic heterocycles. The van der Waals surface area contributed by atoms with Crippen LogP contribution in [0, 0.1) is 0 Å². The van der Waals surface area contributed by atoms with Gasteiger partial charge in [0.1, 0.15) is 5.78 Å². The molecule has 0 unspecified atom stereocenters. The molecule has 0 rings (SSSR count). The number of nitrogens with one attached hydrogen (secondary N) is 1. The number of carbonyl (C=O) groups is 2. The van der Waals surface area contributed by atoms with Gasteiger partial charge in [0.25, 0.3) is 0 Å². The fourth-order valence-corrected chi connectivity index (χ4v) is 2.29. The van der Waals surface area contributed by atoms with Crippen molar-refractivity contribution in [3.63, 3.8) is 0 Å². The Morgan fingerprint density at radius 2 is 1.27 bits per heavy atom. The summed E-state index contributed by atoms with van der Waals surface area (Å²) in [6.45, 7) is 3.68. The van der Waals surface area contributed by atoms with Crippen LogP contribution in [0.1, 0.15) is 90.9 Å². The second kappa shape index (κ2) is 19.1. The maximum atomic E-state index is 11.4. The van der Waals surface area contributed by atoms with Crippen LogP contribution in [0.5, 0.6) is 0 Å². The van der Waals surface area contributed by atoms with E-state index in [4.69, 9.17) is 0 Å². The molecule has 0 spiro atoms. The molecule has 0 saturated heterocycles. The third-order valence-electron chi connectivity index (χ3n) is 3.54. The van der Waals surface area contributed by atoms with Gasteiger partial charge in [-0.25, -0.2) is 0 Å². The predicted molar refractivity (Wildman–Crippen MR) is 93.0 cm³/mol. The number of hydroxylamine groups is 1. The Balaban J connectivity index is 0. The van der Waals surface area contributed by atoms with Crippen LogP contribution in [0.3, 0.4) is 0 Å². The zero-order valence-electron chi connectivity index (χ0n) is 13.9. The quantitative estimate of drug-likeness (QED) is 0.284.